The molecule has 3 aromatic rings. The summed E-state index contributed by atoms with van der Waals surface area (Å²) in [4.78, 5) is 0. The van der Waals surface area contributed by atoms with Crippen LogP contribution in [0.2, 0.25) is 0 Å². The molecule has 0 fully saturated rings. The molecule has 4 heteroatoms. The van der Waals surface area contributed by atoms with E-state index in [9.17, 15) is 0 Å². The summed E-state index contributed by atoms with van der Waals surface area (Å²) in [6, 6.07) is 16.7. The van der Waals surface area contributed by atoms with Crippen LogP contribution >= 0.6 is 0 Å². The van der Waals surface area contributed by atoms with E-state index >= 15 is 0 Å². The lowest BCUT2D eigenvalue weighted by Crippen LogP contribution is -2.21. The average Bonchev–Trinajstić information content (AvgIpc) is 3.03. The van der Waals surface area contributed by atoms with Gasteiger partial charge in [-0.05, 0) is 54.9 Å². The van der Waals surface area contributed by atoms with Crippen LogP contribution in [-0.4, -0.2) is 16.3 Å². The third-order valence-corrected chi connectivity index (χ3v) is 5.85. The molecule has 4 nitrogen and oxygen atoms in total. The van der Waals surface area contributed by atoms with Crippen molar-refractivity contribution >= 4 is 10.9 Å². The molecule has 2 heterocycles. The van der Waals surface area contributed by atoms with E-state index in [1.165, 1.54) is 35.0 Å². The largest absolute Gasteiger partial charge is 0.396 e. The van der Waals surface area contributed by atoms with Crippen LogP contribution in [0.3, 0.4) is 0 Å². The van der Waals surface area contributed by atoms with Crippen LogP contribution in [0, 0.1) is 0 Å². The zero-order valence-corrected chi connectivity index (χ0v) is 15.8. The Morgan fingerprint density at radius 3 is 2.52 bits per heavy atom. The lowest BCUT2D eigenvalue weighted by molar-refractivity contribution is 0.299. The number of aryl methyl sites for hydroxylation is 1. The second-order valence-corrected chi connectivity index (χ2v) is 7.65. The molecule has 0 radical (unpaired) electrons. The zero-order valence-electron chi connectivity index (χ0n) is 15.8. The van der Waals surface area contributed by atoms with Crippen molar-refractivity contribution in [2.24, 2.45) is 11.5 Å². The third kappa shape index (κ3) is 3.53. The summed E-state index contributed by atoms with van der Waals surface area (Å²) in [6.45, 7) is 1.25. The number of fused-ring (bicyclic) bond motifs is 3. The van der Waals surface area contributed by atoms with E-state index in [1.807, 2.05) is 12.1 Å². The Labute approximate surface area is 160 Å². The van der Waals surface area contributed by atoms with E-state index in [0.717, 1.165) is 30.5 Å². The maximum atomic E-state index is 9.06. The van der Waals surface area contributed by atoms with Gasteiger partial charge in [0.05, 0.1) is 0 Å². The van der Waals surface area contributed by atoms with Crippen LogP contribution in [0.25, 0.3) is 10.9 Å². The van der Waals surface area contributed by atoms with Crippen molar-refractivity contribution in [3.05, 3.63) is 70.9 Å². The van der Waals surface area contributed by atoms with Gasteiger partial charge in [-0.1, -0.05) is 42.5 Å². The Kier molecular flexibility index (Phi) is 5.30. The van der Waals surface area contributed by atoms with Crippen molar-refractivity contribution < 1.29 is 5.11 Å². The van der Waals surface area contributed by atoms with Crippen LogP contribution < -0.4 is 11.5 Å². The topological polar surface area (TPSA) is 77.2 Å². The zero-order chi connectivity index (χ0) is 18.8. The van der Waals surface area contributed by atoms with Crippen molar-refractivity contribution in [1.82, 2.24) is 4.57 Å². The molecular formula is C23H29N3O. The van der Waals surface area contributed by atoms with Crippen LogP contribution in [0.1, 0.15) is 53.7 Å². The molecule has 27 heavy (non-hydrogen) atoms. The summed E-state index contributed by atoms with van der Waals surface area (Å²) in [5.74, 6) is 0. The number of benzene rings is 2. The lowest BCUT2D eigenvalue weighted by Gasteiger charge is -2.22. The molecule has 0 saturated heterocycles. The number of aromatic nitrogens is 1. The highest BCUT2D eigenvalue weighted by molar-refractivity contribution is 5.86. The first-order chi connectivity index (χ1) is 13.2. The summed E-state index contributed by atoms with van der Waals surface area (Å²) < 4.78 is 2.46. The van der Waals surface area contributed by atoms with Crippen molar-refractivity contribution in [3.63, 3.8) is 0 Å². The highest BCUT2D eigenvalue weighted by Crippen LogP contribution is 2.36. The van der Waals surface area contributed by atoms with Gasteiger partial charge in [0.1, 0.15) is 0 Å². The minimum absolute atomic E-state index is 0.0728. The highest BCUT2D eigenvalue weighted by Gasteiger charge is 2.24. The number of nitrogens with two attached hydrogens (primary N) is 2. The molecule has 2 unspecified atom stereocenters. The maximum Gasteiger partial charge on any atom is 0.0485 e. The predicted octanol–water partition coefficient (Wildman–Crippen LogP) is 3.60. The quantitative estimate of drug-likeness (QED) is 0.626. The number of hydrogen-bond acceptors (Lipinski definition) is 3. The minimum atomic E-state index is -0.0962. The fourth-order valence-electron chi connectivity index (χ4n) is 4.47. The molecule has 0 spiro atoms. The average molecular weight is 364 g/mol. The molecule has 5 N–H and O–H groups in total. The Morgan fingerprint density at radius 1 is 0.963 bits per heavy atom. The van der Waals surface area contributed by atoms with Gasteiger partial charge in [-0.15, -0.1) is 0 Å². The first-order valence-electron chi connectivity index (χ1n) is 10.00. The van der Waals surface area contributed by atoms with Crippen molar-refractivity contribution in [3.8, 4) is 0 Å². The van der Waals surface area contributed by atoms with Crippen LogP contribution in [-0.2, 0) is 19.4 Å². The van der Waals surface area contributed by atoms with Gasteiger partial charge in [0.25, 0.3) is 0 Å². The molecule has 0 bridgehead atoms. The molecule has 1 aliphatic rings. The third-order valence-electron chi connectivity index (χ3n) is 5.85. The van der Waals surface area contributed by atoms with Crippen molar-refractivity contribution in [1.29, 1.82) is 0 Å². The number of nitrogens with zero attached hydrogens (tertiary/aromatic N) is 1. The van der Waals surface area contributed by atoms with Gasteiger partial charge in [-0.2, -0.15) is 0 Å². The van der Waals surface area contributed by atoms with E-state index in [-0.39, 0.29) is 18.7 Å². The van der Waals surface area contributed by atoms with E-state index in [2.05, 4.69) is 41.0 Å². The molecular weight excluding hydrogens is 334 g/mol. The van der Waals surface area contributed by atoms with Crippen molar-refractivity contribution in [2.75, 3.05) is 6.61 Å². The monoisotopic (exact) mass is 363 g/mol. The molecule has 1 aliphatic heterocycles. The predicted molar refractivity (Wildman–Crippen MR) is 111 cm³/mol. The standard InChI is InChI=1S/C23H29N3O/c24-19(17-10-8-16(9-11-17)12-14-27)15-20(25)23-18-5-1-2-6-21(18)26-13-4-3-7-22(23)26/h1-2,5-6,8-11,19-20,27H,3-4,7,12-15,24-25H2. The van der Waals surface area contributed by atoms with Gasteiger partial charge in [0, 0.05) is 41.8 Å². The molecule has 0 amide bonds. The first kappa shape index (κ1) is 18.2. The summed E-state index contributed by atoms with van der Waals surface area (Å²) in [5.41, 5.74) is 19.5. The smallest absolute Gasteiger partial charge is 0.0485 e. The number of aliphatic hydroxyl groups excluding tert-OH is 1. The first-order valence-corrected chi connectivity index (χ1v) is 10.00. The summed E-state index contributed by atoms with van der Waals surface area (Å²) in [5, 5.41) is 10.3. The van der Waals surface area contributed by atoms with E-state index in [0.29, 0.717) is 6.42 Å². The van der Waals surface area contributed by atoms with Gasteiger partial charge in [0.15, 0.2) is 0 Å². The fourth-order valence-corrected chi connectivity index (χ4v) is 4.47. The summed E-state index contributed by atoms with van der Waals surface area (Å²) >= 11 is 0. The summed E-state index contributed by atoms with van der Waals surface area (Å²) in [7, 11) is 0. The van der Waals surface area contributed by atoms with E-state index in [1.54, 1.807) is 0 Å². The van der Waals surface area contributed by atoms with Crippen LogP contribution in [0.15, 0.2) is 48.5 Å². The SMILES string of the molecule is NC(CC(N)c1c2n(c3ccccc13)CCCC2)c1ccc(CCO)cc1. The molecule has 0 saturated carbocycles. The highest BCUT2D eigenvalue weighted by atomic mass is 16.2. The van der Waals surface area contributed by atoms with Gasteiger partial charge in [-0.3, -0.25) is 0 Å². The fraction of sp³-hybridized carbons (Fsp3) is 0.391. The molecule has 4 rings (SSSR count). The molecule has 2 aromatic carbocycles. The maximum absolute atomic E-state index is 9.06. The van der Waals surface area contributed by atoms with E-state index in [4.69, 9.17) is 16.6 Å². The second kappa shape index (κ2) is 7.85. The lowest BCUT2D eigenvalue weighted by atomic mass is 9.92. The number of rotatable bonds is 6. The molecule has 2 atom stereocenters. The second-order valence-electron chi connectivity index (χ2n) is 7.65. The molecule has 0 aliphatic carbocycles. The van der Waals surface area contributed by atoms with E-state index < -0.39 is 0 Å². The normalized spacial score (nSPS) is 16.3. The van der Waals surface area contributed by atoms with Crippen LogP contribution in [0.4, 0.5) is 0 Å². The van der Waals surface area contributed by atoms with Gasteiger partial charge in [-0.25, -0.2) is 0 Å². The number of hydrogen-bond donors (Lipinski definition) is 3. The van der Waals surface area contributed by atoms with Crippen molar-refractivity contribution in [2.45, 2.75) is 50.7 Å². The van der Waals surface area contributed by atoms with Crippen LogP contribution in [0.5, 0.6) is 0 Å². The molecule has 142 valence electrons. The summed E-state index contributed by atoms with van der Waals surface area (Å²) in [6.07, 6.45) is 4.97. The Morgan fingerprint density at radius 2 is 1.74 bits per heavy atom. The Bertz CT molecular complexity index is 913. The Hall–Kier alpha value is -2.14. The number of aliphatic hydroxyl groups is 1. The van der Waals surface area contributed by atoms with Gasteiger partial charge >= 0.3 is 0 Å². The number of para-hydroxylation sites is 1. The minimum Gasteiger partial charge on any atom is -0.396 e. The molecule has 1 aromatic heterocycles. The Balaban J connectivity index is 1.60. The van der Waals surface area contributed by atoms with Gasteiger partial charge < -0.3 is 21.1 Å². The van der Waals surface area contributed by atoms with Gasteiger partial charge in [0.2, 0.25) is 0 Å².